The molecule has 0 bridgehead atoms. The molecule has 1 fully saturated rings. The van der Waals surface area contributed by atoms with E-state index in [1.165, 1.54) is 0 Å². The van der Waals surface area contributed by atoms with E-state index in [0.717, 1.165) is 0 Å². The van der Waals surface area contributed by atoms with Crippen LogP contribution >= 0.6 is 11.6 Å². The highest BCUT2D eigenvalue weighted by Gasteiger charge is 2.48. The van der Waals surface area contributed by atoms with Gasteiger partial charge in [-0.3, -0.25) is 9.89 Å². The summed E-state index contributed by atoms with van der Waals surface area (Å²) in [5.41, 5.74) is 1.09. The van der Waals surface area contributed by atoms with Crippen molar-refractivity contribution in [3.05, 3.63) is 23.4 Å². The van der Waals surface area contributed by atoms with Crippen molar-refractivity contribution in [3.8, 4) is 0 Å². The Kier molecular flexibility index (Phi) is 2.89. The summed E-state index contributed by atoms with van der Waals surface area (Å²) in [6, 6.07) is 3.26. The largest absolute Gasteiger partial charge is 0.324 e. The van der Waals surface area contributed by atoms with Crippen molar-refractivity contribution in [2.45, 2.75) is 12.8 Å². The fraction of sp³-hybridized carbons (Fsp3) is 0.333. The van der Waals surface area contributed by atoms with Crippen LogP contribution < -0.4 is 5.32 Å². The third-order valence-electron chi connectivity index (χ3n) is 3.32. The van der Waals surface area contributed by atoms with Crippen LogP contribution in [0.1, 0.15) is 6.42 Å². The zero-order valence-corrected chi connectivity index (χ0v) is 10.4. The second-order valence-corrected chi connectivity index (χ2v) is 4.99. The van der Waals surface area contributed by atoms with Crippen molar-refractivity contribution in [2.24, 2.45) is 11.8 Å². The van der Waals surface area contributed by atoms with Gasteiger partial charge in [-0.25, -0.2) is 8.78 Å². The first-order valence-electron chi connectivity index (χ1n) is 5.78. The van der Waals surface area contributed by atoms with Crippen molar-refractivity contribution >= 4 is 34.1 Å². The normalized spacial score (nSPS) is 21.9. The van der Waals surface area contributed by atoms with E-state index in [9.17, 15) is 13.6 Å². The number of H-pyrrole nitrogens is 1. The van der Waals surface area contributed by atoms with Crippen molar-refractivity contribution < 1.29 is 13.6 Å². The third-order valence-corrected chi connectivity index (χ3v) is 3.65. The Morgan fingerprint density at radius 3 is 3.00 bits per heavy atom. The summed E-state index contributed by atoms with van der Waals surface area (Å²) in [6.45, 7) is 0. The predicted molar refractivity (Wildman–Crippen MR) is 67.3 cm³/mol. The maximum atomic E-state index is 12.4. The molecule has 19 heavy (non-hydrogen) atoms. The van der Waals surface area contributed by atoms with Gasteiger partial charge in [-0.2, -0.15) is 5.10 Å². The van der Waals surface area contributed by atoms with Crippen LogP contribution in [-0.2, 0) is 4.79 Å². The number of fused-ring (bicyclic) bond motifs is 1. The summed E-state index contributed by atoms with van der Waals surface area (Å²) in [6.07, 6.45) is -0.650. The lowest BCUT2D eigenvalue weighted by atomic mass is 10.2. The lowest BCUT2D eigenvalue weighted by Crippen LogP contribution is -2.16. The average Bonchev–Trinajstić information content (AvgIpc) is 3.03. The zero-order chi connectivity index (χ0) is 13.6. The van der Waals surface area contributed by atoms with Crippen molar-refractivity contribution in [3.63, 3.8) is 0 Å². The van der Waals surface area contributed by atoms with Crippen LogP contribution in [0.3, 0.4) is 0 Å². The molecular formula is C12H10ClF2N3O. The topological polar surface area (TPSA) is 57.8 Å². The lowest BCUT2D eigenvalue weighted by Gasteiger charge is -2.06. The quantitative estimate of drug-likeness (QED) is 0.910. The number of rotatable bonds is 3. The second-order valence-electron chi connectivity index (χ2n) is 4.58. The Balaban J connectivity index is 1.81. The van der Waals surface area contributed by atoms with Gasteiger partial charge in [0.15, 0.2) is 0 Å². The van der Waals surface area contributed by atoms with Gasteiger partial charge in [0.1, 0.15) is 0 Å². The minimum Gasteiger partial charge on any atom is -0.324 e. The molecule has 1 aromatic heterocycles. The standard InChI is InChI=1S/C12H10ClF2N3O/c13-8-1-2-9(10-7(8)4-16-18-10)17-12(19)6-3-5(6)11(14)15/h1-2,4-6,11H,3H2,(H,16,18)(H,17,19)/t5-,6-/m0/s1. The number of aromatic amines is 1. The van der Waals surface area contributed by atoms with E-state index in [0.29, 0.717) is 21.6 Å². The number of carbonyl (C=O) groups is 1. The first kappa shape index (κ1) is 12.3. The van der Waals surface area contributed by atoms with Gasteiger partial charge in [0.2, 0.25) is 12.3 Å². The van der Waals surface area contributed by atoms with Crippen molar-refractivity contribution in [2.75, 3.05) is 5.32 Å². The molecule has 1 aliphatic carbocycles. The fourth-order valence-corrected chi connectivity index (χ4v) is 2.33. The summed E-state index contributed by atoms with van der Waals surface area (Å²) in [5, 5.41) is 10.4. The molecule has 2 N–H and O–H groups in total. The van der Waals surface area contributed by atoms with Gasteiger partial charge in [-0.15, -0.1) is 0 Å². The molecule has 7 heteroatoms. The molecule has 0 spiro atoms. The van der Waals surface area contributed by atoms with E-state index < -0.39 is 18.3 Å². The van der Waals surface area contributed by atoms with Crippen LogP contribution in [0.2, 0.25) is 5.02 Å². The number of hydrogen-bond acceptors (Lipinski definition) is 2. The minimum atomic E-state index is -2.44. The third kappa shape index (κ3) is 2.16. The molecule has 100 valence electrons. The van der Waals surface area contributed by atoms with Gasteiger partial charge < -0.3 is 5.32 Å². The number of hydrogen-bond donors (Lipinski definition) is 2. The molecule has 4 nitrogen and oxygen atoms in total. The van der Waals surface area contributed by atoms with Crippen LogP contribution in [0.5, 0.6) is 0 Å². The van der Waals surface area contributed by atoms with E-state index >= 15 is 0 Å². The number of aromatic nitrogens is 2. The molecule has 2 aromatic rings. The van der Waals surface area contributed by atoms with Crippen LogP contribution in [0, 0.1) is 11.8 Å². The van der Waals surface area contributed by atoms with Gasteiger partial charge in [-0.05, 0) is 18.6 Å². The maximum absolute atomic E-state index is 12.4. The smallest absolute Gasteiger partial charge is 0.242 e. The molecule has 1 heterocycles. The molecule has 1 amide bonds. The summed E-state index contributed by atoms with van der Waals surface area (Å²) in [4.78, 5) is 11.8. The zero-order valence-electron chi connectivity index (χ0n) is 9.66. The highest BCUT2D eigenvalue weighted by molar-refractivity contribution is 6.35. The van der Waals surface area contributed by atoms with E-state index in [1.54, 1.807) is 18.3 Å². The summed E-state index contributed by atoms with van der Waals surface area (Å²) in [7, 11) is 0. The number of nitrogens with zero attached hydrogens (tertiary/aromatic N) is 1. The number of benzene rings is 1. The van der Waals surface area contributed by atoms with Gasteiger partial charge in [0, 0.05) is 17.2 Å². The highest BCUT2D eigenvalue weighted by atomic mass is 35.5. The van der Waals surface area contributed by atoms with Gasteiger partial charge in [0.05, 0.1) is 22.4 Å². The Morgan fingerprint density at radius 1 is 1.53 bits per heavy atom. The SMILES string of the molecule is O=C(Nc1ccc(Cl)c2cn[nH]c12)[C@H]1C[C@@H]1C(F)F. The summed E-state index contributed by atoms with van der Waals surface area (Å²) >= 11 is 5.97. The number of amides is 1. The number of alkyl halides is 2. The highest BCUT2D eigenvalue weighted by Crippen LogP contribution is 2.44. The first-order chi connectivity index (χ1) is 9.08. The van der Waals surface area contributed by atoms with E-state index in [2.05, 4.69) is 15.5 Å². The lowest BCUT2D eigenvalue weighted by molar-refractivity contribution is -0.118. The summed E-state index contributed by atoms with van der Waals surface area (Å²) in [5.74, 6) is -1.80. The van der Waals surface area contributed by atoms with Crippen LogP contribution in [-0.4, -0.2) is 22.5 Å². The Bertz CT molecular complexity index is 643. The molecule has 0 radical (unpaired) electrons. The van der Waals surface area contributed by atoms with E-state index in [-0.39, 0.29) is 12.3 Å². The Morgan fingerprint density at radius 2 is 2.32 bits per heavy atom. The summed E-state index contributed by atoms with van der Waals surface area (Å²) < 4.78 is 24.8. The van der Waals surface area contributed by atoms with Gasteiger partial charge in [-0.1, -0.05) is 11.6 Å². The number of carbonyl (C=O) groups excluding carboxylic acids is 1. The van der Waals surface area contributed by atoms with Crippen LogP contribution in [0.4, 0.5) is 14.5 Å². The molecule has 1 aliphatic rings. The predicted octanol–water partition coefficient (Wildman–Crippen LogP) is 3.06. The maximum Gasteiger partial charge on any atom is 0.242 e. The number of anilines is 1. The van der Waals surface area contributed by atoms with Crippen molar-refractivity contribution in [1.29, 1.82) is 0 Å². The number of halogens is 3. The average molecular weight is 286 g/mol. The van der Waals surface area contributed by atoms with Crippen molar-refractivity contribution in [1.82, 2.24) is 10.2 Å². The molecule has 0 saturated heterocycles. The first-order valence-corrected chi connectivity index (χ1v) is 6.16. The van der Waals surface area contributed by atoms with Gasteiger partial charge >= 0.3 is 0 Å². The molecule has 0 aliphatic heterocycles. The fourth-order valence-electron chi connectivity index (χ4n) is 2.13. The van der Waals surface area contributed by atoms with E-state index in [1.807, 2.05) is 0 Å². The molecule has 1 aromatic carbocycles. The number of nitrogens with one attached hydrogen (secondary N) is 2. The minimum absolute atomic E-state index is 0.239. The monoisotopic (exact) mass is 285 g/mol. The van der Waals surface area contributed by atoms with Crippen LogP contribution in [0.25, 0.3) is 10.9 Å². The molecule has 0 unspecified atom stereocenters. The van der Waals surface area contributed by atoms with Crippen LogP contribution in [0.15, 0.2) is 18.3 Å². The van der Waals surface area contributed by atoms with E-state index in [4.69, 9.17) is 11.6 Å². The van der Waals surface area contributed by atoms with Gasteiger partial charge in [0.25, 0.3) is 0 Å². The molecule has 1 saturated carbocycles. The Hall–Kier alpha value is -1.69. The Labute approximate surface area is 112 Å². The molecule has 2 atom stereocenters. The molecule has 3 rings (SSSR count). The molecular weight excluding hydrogens is 276 g/mol. The second kappa shape index (κ2) is 4.45.